The van der Waals surface area contributed by atoms with Gasteiger partial charge in [0, 0.05) is 77.1 Å². The Hall–Kier alpha value is -11.1. The van der Waals surface area contributed by atoms with E-state index >= 15 is 0 Å². The molecule has 0 unspecified atom stereocenters. The number of para-hydroxylation sites is 4. The van der Waals surface area contributed by atoms with Gasteiger partial charge in [0.15, 0.2) is 23.3 Å². The minimum absolute atomic E-state index is 0.508. The molecule has 0 bridgehead atoms. The first-order valence-corrected chi connectivity index (χ1v) is 27.2. The molecular weight excluding hydrogens is 989 g/mol. The van der Waals surface area contributed by atoms with Crippen LogP contribution in [-0.2, 0) is 0 Å². The highest BCUT2D eigenvalue weighted by Crippen LogP contribution is 2.42. The third-order valence-corrected chi connectivity index (χ3v) is 15.7. The molecule has 5 heterocycles. The van der Waals surface area contributed by atoms with E-state index in [2.05, 4.69) is 220 Å². The molecule has 0 aliphatic heterocycles. The van der Waals surface area contributed by atoms with Crippen molar-refractivity contribution >= 4 is 65.4 Å². The highest BCUT2D eigenvalue weighted by atomic mass is 15.1. The molecule has 81 heavy (non-hydrogen) atoms. The van der Waals surface area contributed by atoms with Crippen LogP contribution in [0, 0.1) is 0 Å². The first-order chi connectivity index (χ1) is 40.2. The summed E-state index contributed by atoms with van der Waals surface area (Å²) in [5, 5.41) is 7.03. The van der Waals surface area contributed by atoms with Gasteiger partial charge in [-0.25, -0.2) is 24.9 Å². The van der Waals surface area contributed by atoms with Crippen LogP contribution in [0.5, 0.6) is 0 Å². The quantitative estimate of drug-likeness (QED) is 0.144. The lowest BCUT2D eigenvalue weighted by molar-refractivity contribution is 1.06. The standard InChI is InChI=1S/C73H46N8/c1-5-21-47(22-6-1)61-46-62(48-23-7-2-8-24-48)75-72(74-61)51-37-42-67(60(43-51)73-77-70(49-25-9-3-10-26-49)76-71(78-73)50-27-11-4-12-28-50)81-68-44-52(79-63-33-17-13-29-54(63)55-30-14-18-34-64(55)79)38-40-58(68)59-41-39-53(45-69(59)81)80-65-35-19-15-31-56(65)57-32-16-20-36-66(57)80/h1-46H. The highest BCUT2D eigenvalue weighted by Gasteiger charge is 2.24. The number of benzene rings is 11. The molecule has 0 saturated carbocycles. The second kappa shape index (κ2) is 18.8. The van der Waals surface area contributed by atoms with Crippen LogP contribution in [-0.4, -0.2) is 38.6 Å². The number of nitrogens with zero attached hydrogens (tertiary/aromatic N) is 8. The number of aromatic nitrogens is 8. The van der Waals surface area contributed by atoms with E-state index in [4.69, 9.17) is 24.9 Å². The Morgan fingerprint density at radius 3 is 0.975 bits per heavy atom. The molecule has 16 rings (SSSR count). The van der Waals surface area contributed by atoms with Gasteiger partial charge in [-0.2, -0.15) is 0 Å². The summed E-state index contributed by atoms with van der Waals surface area (Å²) in [7, 11) is 0. The third kappa shape index (κ3) is 7.72. The van der Waals surface area contributed by atoms with Crippen LogP contribution in [0.4, 0.5) is 0 Å². The van der Waals surface area contributed by atoms with E-state index in [0.29, 0.717) is 23.3 Å². The maximum atomic E-state index is 5.46. The highest BCUT2D eigenvalue weighted by molar-refractivity contribution is 6.14. The fourth-order valence-corrected chi connectivity index (χ4v) is 12.0. The average Bonchev–Trinajstić information content (AvgIpc) is 3.52. The smallest absolute Gasteiger partial charge is 0.166 e. The Morgan fingerprint density at radius 1 is 0.210 bits per heavy atom. The van der Waals surface area contributed by atoms with Crippen LogP contribution >= 0.6 is 0 Å². The number of rotatable bonds is 9. The lowest BCUT2D eigenvalue weighted by atomic mass is 10.0. The molecule has 8 nitrogen and oxygen atoms in total. The summed E-state index contributed by atoms with van der Waals surface area (Å²) in [6.07, 6.45) is 0. The molecule has 0 aliphatic rings. The van der Waals surface area contributed by atoms with Crippen molar-refractivity contribution in [3.8, 4) is 85.1 Å². The minimum atomic E-state index is 0.508. The summed E-state index contributed by atoms with van der Waals surface area (Å²) in [6, 6.07) is 98.2. The fraction of sp³-hybridized carbons (Fsp3) is 0. The van der Waals surface area contributed by atoms with Gasteiger partial charge in [0.05, 0.1) is 50.2 Å². The number of hydrogen-bond acceptors (Lipinski definition) is 5. The molecule has 0 radical (unpaired) electrons. The second-order valence-electron chi connectivity index (χ2n) is 20.4. The topological polar surface area (TPSA) is 79.2 Å². The zero-order chi connectivity index (χ0) is 53.4. The van der Waals surface area contributed by atoms with Gasteiger partial charge in [-0.3, -0.25) is 0 Å². The van der Waals surface area contributed by atoms with E-state index in [-0.39, 0.29) is 0 Å². The first kappa shape index (κ1) is 46.0. The molecule has 5 aromatic heterocycles. The fourth-order valence-electron chi connectivity index (χ4n) is 12.0. The summed E-state index contributed by atoms with van der Waals surface area (Å²) >= 11 is 0. The van der Waals surface area contributed by atoms with E-state index in [1.165, 1.54) is 21.5 Å². The van der Waals surface area contributed by atoms with Gasteiger partial charge in [-0.15, -0.1) is 0 Å². The van der Waals surface area contributed by atoms with Crippen LogP contribution in [0.15, 0.2) is 279 Å². The Labute approximate surface area is 465 Å². The van der Waals surface area contributed by atoms with Crippen molar-refractivity contribution < 1.29 is 0 Å². The minimum Gasteiger partial charge on any atom is -0.309 e. The summed E-state index contributed by atoms with van der Waals surface area (Å²) in [5.74, 6) is 2.21. The van der Waals surface area contributed by atoms with Gasteiger partial charge in [-0.1, -0.05) is 206 Å². The van der Waals surface area contributed by atoms with Crippen LogP contribution in [0.2, 0.25) is 0 Å². The summed E-state index contributed by atoms with van der Waals surface area (Å²) in [5.41, 5.74) is 16.5. The van der Waals surface area contributed by atoms with Crippen molar-refractivity contribution in [3.05, 3.63) is 279 Å². The maximum Gasteiger partial charge on any atom is 0.166 e. The summed E-state index contributed by atoms with van der Waals surface area (Å²) in [4.78, 5) is 26.8. The van der Waals surface area contributed by atoms with Gasteiger partial charge in [0.2, 0.25) is 0 Å². The Bertz CT molecular complexity index is 4710. The third-order valence-electron chi connectivity index (χ3n) is 15.7. The predicted octanol–water partition coefficient (Wildman–Crippen LogP) is 18.0. The van der Waals surface area contributed by atoms with Crippen LogP contribution < -0.4 is 0 Å². The van der Waals surface area contributed by atoms with Gasteiger partial charge in [0.25, 0.3) is 0 Å². The molecule has 11 aromatic carbocycles. The largest absolute Gasteiger partial charge is 0.309 e. The van der Waals surface area contributed by atoms with Crippen LogP contribution in [0.25, 0.3) is 151 Å². The van der Waals surface area contributed by atoms with Crippen molar-refractivity contribution in [1.82, 2.24) is 38.6 Å². The van der Waals surface area contributed by atoms with Gasteiger partial charge >= 0.3 is 0 Å². The zero-order valence-corrected chi connectivity index (χ0v) is 43.6. The van der Waals surface area contributed by atoms with Crippen LogP contribution in [0.1, 0.15) is 0 Å². The second-order valence-corrected chi connectivity index (χ2v) is 20.4. The van der Waals surface area contributed by atoms with Crippen molar-refractivity contribution in [2.24, 2.45) is 0 Å². The normalized spacial score (nSPS) is 11.7. The molecule has 378 valence electrons. The first-order valence-electron chi connectivity index (χ1n) is 27.2. The molecule has 0 spiro atoms. The van der Waals surface area contributed by atoms with Crippen molar-refractivity contribution in [2.75, 3.05) is 0 Å². The number of hydrogen-bond donors (Lipinski definition) is 0. The van der Waals surface area contributed by atoms with E-state index in [1.54, 1.807) is 0 Å². The van der Waals surface area contributed by atoms with Gasteiger partial charge in [0.1, 0.15) is 0 Å². The molecule has 0 fully saturated rings. The summed E-state index contributed by atoms with van der Waals surface area (Å²) < 4.78 is 7.21. The van der Waals surface area contributed by atoms with E-state index < -0.39 is 0 Å². The van der Waals surface area contributed by atoms with E-state index in [9.17, 15) is 0 Å². The van der Waals surface area contributed by atoms with Crippen molar-refractivity contribution in [1.29, 1.82) is 0 Å². The van der Waals surface area contributed by atoms with E-state index in [0.717, 1.165) is 106 Å². The lowest BCUT2D eigenvalue weighted by Gasteiger charge is -2.17. The van der Waals surface area contributed by atoms with Crippen molar-refractivity contribution in [3.63, 3.8) is 0 Å². The molecule has 0 saturated heterocycles. The molecule has 16 aromatic rings. The average molecular weight is 1040 g/mol. The van der Waals surface area contributed by atoms with Gasteiger partial charge in [-0.05, 0) is 72.8 Å². The molecule has 0 N–H and O–H groups in total. The predicted molar refractivity (Wildman–Crippen MR) is 331 cm³/mol. The molecule has 0 atom stereocenters. The maximum absolute atomic E-state index is 5.46. The zero-order valence-electron chi connectivity index (χ0n) is 43.6. The van der Waals surface area contributed by atoms with Crippen molar-refractivity contribution in [2.45, 2.75) is 0 Å². The molecule has 8 heteroatoms. The number of fused-ring (bicyclic) bond motifs is 9. The Balaban J connectivity index is 1.02. The Kier molecular flexibility index (Phi) is 10.7. The lowest BCUT2D eigenvalue weighted by Crippen LogP contribution is -2.05. The summed E-state index contributed by atoms with van der Waals surface area (Å²) in [6.45, 7) is 0. The Morgan fingerprint density at radius 2 is 0.556 bits per heavy atom. The van der Waals surface area contributed by atoms with E-state index in [1.807, 2.05) is 72.8 Å². The molecule has 0 aliphatic carbocycles. The molecular formula is C73H46N8. The van der Waals surface area contributed by atoms with Crippen LogP contribution in [0.3, 0.4) is 0 Å². The molecule has 0 amide bonds. The van der Waals surface area contributed by atoms with Gasteiger partial charge < -0.3 is 13.7 Å². The monoisotopic (exact) mass is 1030 g/mol. The SMILES string of the molecule is c1ccc(-c2cc(-c3ccccc3)nc(-c3ccc(-n4c5cc(-n6c7ccccc7c7ccccc76)ccc5c5ccc(-n6c7ccccc7c7ccccc76)cc54)c(-c4nc(-c5ccccc5)nc(-c5ccccc5)n4)c3)n2)cc1.